The Morgan fingerprint density at radius 2 is 1.76 bits per heavy atom. The topological polar surface area (TPSA) is 125 Å². The van der Waals surface area contributed by atoms with Crippen LogP contribution in [-0.2, 0) is 22.4 Å². The van der Waals surface area contributed by atoms with Crippen LogP contribution in [0.2, 0.25) is 0 Å². The van der Waals surface area contributed by atoms with Crippen LogP contribution in [0.3, 0.4) is 0 Å². The smallest absolute Gasteiger partial charge is 0.411 e. The first-order valence-corrected chi connectivity index (χ1v) is 15.0. The lowest BCUT2D eigenvalue weighted by Crippen LogP contribution is -2.55. The Hall–Kier alpha value is -4.55. The van der Waals surface area contributed by atoms with Crippen molar-refractivity contribution in [1.29, 1.82) is 0 Å². The van der Waals surface area contributed by atoms with Crippen LogP contribution < -0.4 is 10.3 Å². The Bertz CT molecular complexity index is 1730. The van der Waals surface area contributed by atoms with Gasteiger partial charge >= 0.3 is 6.09 Å². The number of nitrogens with zero attached hydrogens (tertiary/aromatic N) is 4. The monoisotopic (exact) mass is 623 g/mol. The van der Waals surface area contributed by atoms with Crippen LogP contribution in [0.4, 0.5) is 13.6 Å². The molecule has 11 nitrogen and oxygen atoms in total. The lowest BCUT2D eigenvalue weighted by molar-refractivity contribution is -0.137. The molecule has 0 radical (unpaired) electrons. The molecule has 0 spiro atoms. The van der Waals surface area contributed by atoms with E-state index in [1.54, 1.807) is 43.9 Å². The molecule has 0 saturated carbocycles. The SMILES string of the molecule is CC(C)(C)OC(=O)N1CC(F)(F)C[C@H]1C(=O)N1CCN(C(=O)c2cc(Cc3n[nH]c(=O)c4ccccc34)cc3c2OCC3)CC1. The number of amides is 3. The summed E-state index contributed by atoms with van der Waals surface area (Å²) in [6.07, 6.45) is -0.704. The van der Waals surface area contributed by atoms with Gasteiger partial charge in [-0.25, -0.2) is 18.7 Å². The summed E-state index contributed by atoms with van der Waals surface area (Å²) in [6, 6.07) is 9.64. The Kier molecular flexibility index (Phi) is 7.74. The summed E-state index contributed by atoms with van der Waals surface area (Å²) in [7, 11) is 0. The lowest BCUT2D eigenvalue weighted by Gasteiger charge is -2.37. The normalized spacial score (nSPS) is 19.4. The number of aromatic nitrogens is 2. The fourth-order valence-electron chi connectivity index (χ4n) is 6.20. The first kappa shape index (κ1) is 30.5. The molecule has 1 atom stereocenters. The van der Waals surface area contributed by atoms with Crippen LogP contribution in [0.1, 0.15) is 54.4 Å². The number of halogens is 2. The summed E-state index contributed by atoms with van der Waals surface area (Å²) in [5.74, 6) is -3.53. The highest BCUT2D eigenvalue weighted by Gasteiger charge is 2.52. The van der Waals surface area contributed by atoms with E-state index in [4.69, 9.17) is 9.47 Å². The Morgan fingerprint density at radius 1 is 1.07 bits per heavy atom. The zero-order valence-electron chi connectivity index (χ0n) is 25.4. The van der Waals surface area contributed by atoms with E-state index in [0.717, 1.165) is 21.4 Å². The molecule has 3 amide bonds. The number of hydrogen-bond acceptors (Lipinski definition) is 7. The molecule has 4 heterocycles. The van der Waals surface area contributed by atoms with Gasteiger partial charge in [-0.3, -0.25) is 19.3 Å². The minimum atomic E-state index is -3.21. The highest BCUT2D eigenvalue weighted by molar-refractivity contribution is 5.98. The highest BCUT2D eigenvalue weighted by atomic mass is 19.3. The number of hydrogen-bond donors (Lipinski definition) is 1. The molecule has 0 aliphatic carbocycles. The van der Waals surface area contributed by atoms with E-state index in [1.165, 1.54) is 4.90 Å². The number of nitrogens with one attached hydrogen (secondary N) is 1. The van der Waals surface area contributed by atoms with Gasteiger partial charge in [-0.15, -0.1) is 0 Å². The molecule has 0 unspecified atom stereocenters. The zero-order chi connectivity index (χ0) is 32.1. The molecular weight excluding hydrogens is 588 g/mol. The first-order chi connectivity index (χ1) is 21.3. The third kappa shape index (κ3) is 6.20. The van der Waals surface area contributed by atoms with E-state index in [-0.39, 0.29) is 37.6 Å². The second-order valence-electron chi connectivity index (χ2n) is 12.8. The molecule has 1 N–H and O–H groups in total. The number of rotatable bonds is 4. The van der Waals surface area contributed by atoms with E-state index in [1.807, 2.05) is 18.2 Å². The molecule has 13 heteroatoms. The number of likely N-dealkylation sites (tertiary alicyclic amines) is 1. The maximum Gasteiger partial charge on any atom is 0.411 e. The van der Waals surface area contributed by atoms with Gasteiger partial charge in [-0.05, 0) is 44.0 Å². The third-order valence-corrected chi connectivity index (χ3v) is 8.28. The van der Waals surface area contributed by atoms with Gasteiger partial charge in [0, 0.05) is 50.8 Å². The fourth-order valence-corrected chi connectivity index (χ4v) is 6.20. The zero-order valence-corrected chi connectivity index (χ0v) is 25.4. The van der Waals surface area contributed by atoms with Crippen LogP contribution in [0.15, 0.2) is 41.2 Å². The third-order valence-electron chi connectivity index (χ3n) is 8.28. The highest BCUT2D eigenvalue weighted by Crippen LogP contribution is 2.35. The van der Waals surface area contributed by atoms with Crippen molar-refractivity contribution in [3.05, 3.63) is 69.1 Å². The minimum Gasteiger partial charge on any atom is -0.492 e. The maximum atomic E-state index is 14.4. The van der Waals surface area contributed by atoms with Gasteiger partial charge in [-0.1, -0.05) is 24.3 Å². The molecule has 1 aromatic heterocycles. The predicted molar refractivity (Wildman–Crippen MR) is 160 cm³/mol. The molecule has 3 aliphatic rings. The number of piperazine rings is 1. The molecule has 238 valence electrons. The van der Waals surface area contributed by atoms with Gasteiger partial charge in [0.1, 0.15) is 17.4 Å². The van der Waals surface area contributed by atoms with E-state index < -0.39 is 42.5 Å². The number of fused-ring (bicyclic) bond motifs is 2. The maximum absolute atomic E-state index is 14.4. The van der Waals surface area contributed by atoms with E-state index in [0.29, 0.717) is 41.8 Å². The molecule has 3 aliphatic heterocycles. The van der Waals surface area contributed by atoms with Gasteiger partial charge in [0.15, 0.2) is 0 Å². The van der Waals surface area contributed by atoms with E-state index in [2.05, 4.69) is 10.2 Å². The molecule has 2 saturated heterocycles. The average molecular weight is 624 g/mol. The second kappa shape index (κ2) is 11.4. The number of alkyl halides is 2. The van der Waals surface area contributed by atoms with Crippen molar-refractivity contribution in [2.24, 2.45) is 0 Å². The van der Waals surface area contributed by atoms with Crippen molar-refractivity contribution in [1.82, 2.24) is 24.9 Å². The summed E-state index contributed by atoms with van der Waals surface area (Å²) >= 11 is 0. The van der Waals surface area contributed by atoms with Gasteiger partial charge in [-0.2, -0.15) is 5.10 Å². The Labute approximate surface area is 258 Å². The summed E-state index contributed by atoms with van der Waals surface area (Å²) in [4.78, 5) is 56.0. The van der Waals surface area contributed by atoms with Crippen molar-refractivity contribution in [2.75, 3.05) is 39.3 Å². The van der Waals surface area contributed by atoms with Crippen molar-refractivity contribution in [3.63, 3.8) is 0 Å². The average Bonchev–Trinajstić information content (AvgIpc) is 3.60. The summed E-state index contributed by atoms with van der Waals surface area (Å²) in [5.41, 5.74) is 1.64. The largest absolute Gasteiger partial charge is 0.492 e. The molecule has 6 rings (SSSR count). The van der Waals surface area contributed by atoms with Crippen molar-refractivity contribution >= 4 is 28.7 Å². The summed E-state index contributed by atoms with van der Waals surface area (Å²) in [5, 5.41) is 8.10. The van der Waals surface area contributed by atoms with E-state index in [9.17, 15) is 28.0 Å². The first-order valence-electron chi connectivity index (χ1n) is 15.0. The number of H-pyrrole nitrogens is 1. The standard InChI is InChI=1S/C32H35F2N5O6/c1-31(2,3)45-30(43)39-18-32(33,34)17-25(39)29(42)38-11-9-37(10-12-38)28(41)23-15-19(14-20-8-13-44-26(20)23)16-24-21-6-4-5-7-22(21)27(40)36-35-24/h4-7,14-15,25H,8-13,16-18H2,1-3H3,(H,36,40)/t25-/m0/s1. The van der Waals surface area contributed by atoms with Crippen LogP contribution in [0.25, 0.3) is 10.8 Å². The molecule has 2 aromatic carbocycles. The molecular formula is C32H35F2N5O6. The van der Waals surface area contributed by atoms with Crippen LogP contribution >= 0.6 is 0 Å². The number of carbonyl (C=O) groups is 3. The van der Waals surface area contributed by atoms with Crippen LogP contribution in [0, 0.1) is 0 Å². The predicted octanol–water partition coefficient (Wildman–Crippen LogP) is 3.38. The summed E-state index contributed by atoms with van der Waals surface area (Å²) in [6.45, 7) is 5.08. The minimum absolute atomic E-state index is 0.130. The van der Waals surface area contributed by atoms with Crippen LogP contribution in [-0.4, -0.2) is 99.7 Å². The van der Waals surface area contributed by atoms with Gasteiger partial charge < -0.3 is 19.3 Å². The van der Waals surface area contributed by atoms with Gasteiger partial charge in [0.25, 0.3) is 17.4 Å². The van der Waals surface area contributed by atoms with Gasteiger partial charge in [0.05, 0.1) is 29.8 Å². The number of carbonyl (C=O) groups excluding carboxylic acids is 3. The number of aromatic amines is 1. The fraction of sp³-hybridized carbons (Fsp3) is 0.469. The molecule has 2 fully saturated rings. The molecule has 3 aromatic rings. The van der Waals surface area contributed by atoms with Crippen molar-refractivity contribution in [2.45, 2.75) is 57.6 Å². The van der Waals surface area contributed by atoms with E-state index >= 15 is 0 Å². The van der Waals surface area contributed by atoms with Crippen molar-refractivity contribution < 1.29 is 32.6 Å². The lowest BCUT2D eigenvalue weighted by atomic mass is 9.98. The quantitative estimate of drug-likeness (QED) is 0.473. The Morgan fingerprint density at radius 3 is 2.47 bits per heavy atom. The van der Waals surface area contributed by atoms with Crippen molar-refractivity contribution in [3.8, 4) is 5.75 Å². The number of benzene rings is 2. The van der Waals surface area contributed by atoms with Gasteiger partial charge in [0.2, 0.25) is 5.91 Å². The summed E-state index contributed by atoms with van der Waals surface area (Å²) < 4.78 is 39.9. The molecule has 45 heavy (non-hydrogen) atoms. The second-order valence-corrected chi connectivity index (χ2v) is 12.8. The Balaban J connectivity index is 1.17. The molecule has 0 bridgehead atoms. The van der Waals surface area contributed by atoms with Crippen LogP contribution in [0.5, 0.6) is 5.75 Å². The number of ether oxygens (including phenoxy) is 2.